The predicted octanol–water partition coefficient (Wildman–Crippen LogP) is 1.34. The Morgan fingerprint density at radius 1 is 1.08 bits per heavy atom. The molecule has 0 radical (unpaired) electrons. The monoisotopic (exact) mass is 184 g/mol. The second-order valence-electron chi connectivity index (χ2n) is 3.21. The van der Waals surface area contributed by atoms with Crippen molar-refractivity contribution in [2.45, 2.75) is 13.1 Å². The number of benzene rings is 1. The Hall–Kier alpha value is -1.44. The summed E-state index contributed by atoms with van der Waals surface area (Å²) in [7, 11) is -0.928. The molecule has 0 heterocycles. The summed E-state index contributed by atoms with van der Waals surface area (Å²) < 4.78 is 0. The van der Waals surface area contributed by atoms with Gasteiger partial charge in [0.2, 0.25) is 0 Å². The zero-order chi connectivity index (χ0) is 9.84. The van der Waals surface area contributed by atoms with Crippen molar-refractivity contribution >= 4 is 14.0 Å². The summed E-state index contributed by atoms with van der Waals surface area (Å²) >= 11 is 0. The lowest BCUT2D eigenvalue weighted by molar-refractivity contribution is 1.64. The number of rotatable bonds is 1. The number of terminal acetylenes is 2. The lowest BCUT2D eigenvalue weighted by Gasteiger charge is -2.09. The molecule has 0 aliphatic heterocycles. The molecule has 0 aliphatic carbocycles. The average Bonchev–Trinajstić information content (AvgIpc) is 2.16. The third kappa shape index (κ3) is 1.83. The number of hydrogen-bond donors (Lipinski definition) is 0. The molecule has 0 N–H and O–H groups in total. The van der Waals surface area contributed by atoms with Crippen LogP contribution in [0.2, 0.25) is 13.1 Å². The van der Waals surface area contributed by atoms with Crippen molar-refractivity contribution in [3.8, 4) is 24.7 Å². The molecule has 0 aliphatic rings. The van der Waals surface area contributed by atoms with E-state index in [0.717, 1.165) is 11.1 Å². The molecule has 1 aromatic carbocycles. The normalized spacial score (nSPS) is 9.31. The SMILES string of the molecule is C#Cc1cccc(C#C)c1[SiH](C)C. The first kappa shape index (κ1) is 9.64. The van der Waals surface area contributed by atoms with Gasteiger partial charge in [0.1, 0.15) is 0 Å². The maximum absolute atomic E-state index is 5.42. The summed E-state index contributed by atoms with van der Waals surface area (Å²) in [6.07, 6.45) is 10.8. The standard InChI is InChI=1S/C12H12Si/c1-5-10-8-7-9-11(6-2)12(10)13(3)4/h1-2,7-9,13H,3-4H3. The van der Waals surface area contributed by atoms with Gasteiger partial charge < -0.3 is 0 Å². The molecule has 0 amide bonds. The molecule has 0 unspecified atom stereocenters. The van der Waals surface area contributed by atoms with E-state index in [-0.39, 0.29) is 0 Å². The van der Waals surface area contributed by atoms with E-state index in [0.29, 0.717) is 0 Å². The topological polar surface area (TPSA) is 0 Å². The maximum atomic E-state index is 5.42. The highest BCUT2D eigenvalue weighted by Crippen LogP contribution is 2.02. The van der Waals surface area contributed by atoms with Crippen LogP contribution in [0.25, 0.3) is 0 Å². The molecule has 0 spiro atoms. The molecule has 0 atom stereocenters. The van der Waals surface area contributed by atoms with Crippen molar-refractivity contribution in [2.24, 2.45) is 0 Å². The molecular formula is C12H12Si. The minimum atomic E-state index is -0.928. The lowest BCUT2D eigenvalue weighted by atomic mass is 10.1. The number of hydrogen-bond acceptors (Lipinski definition) is 0. The second-order valence-corrected chi connectivity index (χ2v) is 6.10. The zero-order valence-electron chi connectivity index (χ0n) is 7.96. The molecule has 0 nitrogen and oxygen atoms in total. The quantitative estimate of drug-likeness (QED) is 0.456. The van der Waals surface area contributed by atoms with Gasteiger partial charge in [-0.3, -0.25) is 0 Å². The molecule has 1 aromatic rings. The third-order valence-corrected chi connectivity index (χ3v) is 3.77. The fourth-order valence-corrected chi connectivity index (χ4v) is 3.04. The van der Waals surface area contributed by atoms with Crippen LogP contribution in [0.15, 0.2) is 18.2 Å². The van der Waals surface area contributed by atoms with E-state index >= 15 is 0 Å². The lowest BCUT2D eigenvalue weighted by Crippen LogP contribution is -2.28. The smallest absolute Gasteiger partial charge is 0.0680 e. The summed E-state index contributed by atoms with van der Waals surface area (Å²) in [6.45, 7) is 4.47. The first-order valence-corrected chi connectivity index (χ1v) is 7.15. The van der Waals surface area contributed by atoms with Crippen LogP contribution in [-0.4, -0.2) is 8.80 Å². The van der Waals surface area contributed by atoms with Crippen molar-refractivity contribution in [2.75, 3.05) is 0 Å². The van der Waals surface area contributed by atoms with E-state index < -0.39 is 8.80 Å². The largest absolute Gasteiger partial charge is 0.115 e. The summed E-state index contributed by atoms with van der Waals surface area (Å²) in [4.78, 5) is 0. The van der Waals surface area contributed by atoms with E-state index in [1.54, 1.807) is 0 Å². The Balaban J connectivity index is 3.43. The molecule has 0 aromatic heterocycles. The minimum absolute atomic E-state index is 0.928. The van der Waals surface area contributed by atoms with E-state index in [2.05, 4.69) is 24.9 Å². The minimum Gasteiger partial charge on any atom is -0.115 e. The van der Waals surface area contributed by atoms with Crippen LogP contribution in [0.5, 0.6) is 0 Å². The van der Waals surface area contributed by atoms with Crippen molar-refractivity contribution in [1.82, 2.24) is 0 Å². The van der Waals surface area contributed by atoms with Crippen molar-refractivity contribution in [3.63, 3.8) is 0 Å². The molecule has 0 saturated carbocycles. The summed E-state index contributed by atoms with van der Waals surface area (Å²) in [5.74, 6) is 5.38. The molecule has 0 fully saturated rings. The van der Waals surface area contributed by atoms with Gasteiger partial charge in [-0.05, 0) is 17.3 Å². The highest BCUT2D eigenvalue weighted by molar-refractivity contribution is 6.72. The second kappa shape index (κ2) is 3.98. The molecule has 1 rings (SSSR count). The molecule has 0 saturated heterocycles. The van der Waals surface area contributed by atoms with Gasteiger partial charge >= 0.3 is 0 Å². The zero-order valence-corrected chi connectivity index (χ0v) is 9.12. The summed E-state index contributed by atoms with van der Waals surface area (Å²) in [6, 6.07) is 5.84. The van der Waals surface area contributed by atoms with E-state index in [4.69, 9.17) is 12.8 Å². The van der Waals surface area contributed by atoms with Crippen LogP contribution >= 0.6 is 0 Å². The third-order valence-electron chi connectivity index (χ3n) is 1.99. The molecule has 1 heteroatoms. The maximum Gasteiger partial charge on any atom is 0.0680 e. The predicted molar refractivity (Wildman–Crippen MR) is 60.8 cm³/mol. The van der Waals surface area contributed by atoms with Crippen molar-refractivity contribution in [3.05, 3.63) is 29.3 Å². The van der Waals surface area contributed by atoms with Crippen LogP contribution in [0.4, 0.5) is 0 Å². The Labute approximate surface area is 81.6 Å². The molecule has 13 heavy (non-hydrogen) atoms. The van der Waals surface area contributed by atoms with Crippen LogP contribution in [0.1, 0.15) is 11.1 Å². The van der Waals surface area contributed by atoms with Crippen LogP contribution in [0, 0.1) is 24.7 Å². The fraction of sp³-hybridized carbons (Fsp3) is 0.167. The first-order chi connectivity index (χ1) is 6.20. The van der Waals surface area contributed by atoms with Gasteiger partial charge in [-0.25, -0.2) is 0 Å². The van der Waals surface area contributed by atoms with Gasteiger partial charge in [-0.1, -0.05) is 31.0 Å². The van der Waals surface area contributed by atoms with E-state index in [1.807, 2.05) is 18.2 Å². The van der Waals surface area contributed by atoms with Crippen LogP contribution in [0.3, 0.4) is 0 Å². The van der Waals surface area contributed by atoms with Gasteiger partial charge in [-0.2, -0.15) is 0 Å². The van der Waals surface area contributed by atoms with E-state index in [1.165, 1.54) is 5.19 Å². The van der Waals surface area contributed by atoms with Gasteiger partial charge in [-0.15, -0.1) is 12.8 Å². The molecular weight excluding hydrogens is 172 g/mol. The summed E-state index contributed by atoms with van der Waals surface area (Å²) in [5.41, 5.74) is 1.94. The summed E-state index contributed by atoms with van der Waals surface area (Å²) in [5, 5.41) is 1.24. The first-order valence-electron chi connectivity index (χ1n) is 4.26. The highest BCUT2D eigenvalue weighted by atomic mass is 28.3. The van der Waals surface area contributed by atoms with Gasteiger partial charge in [0, 0.05) is 11.1 Å². The van der Waals surface area contributed by atoms with Crippen molar-refractivity contribution < 1.29 is 0 Å². The Kier molecular flexibility index (Phi) is 2.96. The van der Waals surface area contributed by atoms with E-state index in [9.17, 15) is 0 Å². The average molecular weight is 184 g/mol. The Morgan fingerprint density at radius 3 is 1.85 bits per heavy atom. The van der Waals surface area contributed by atoms with Crippen LogP contribution < -0.4 is 5.19 Å². The van der Waals surface area contributed by atoms with Gasteiger partial charge in [0.05, 0.1) is 8.80 Å². The Bertz CT molecular complexity index is 356. The van der Waals surface area contributed by atoms with Crippen molar-refractivity contribution in [1.29, 1.82) is 0 Å². The Morgan fingerprint density at radius 2 is 1.54 bits per heavy atom. The van der Waals surface area contributed by atoms with Gasteiger partial charge in [0.25, 0.3) is 0 Å². The molecule has 0 bridgehead atoms. The molecule has 64 valence electrons. The van der Waals surface area contributed by atoms with Gasteiger partial charge in [0.15, 0.2) is 0 Å². The highest BCUT2D eigenvalue weighted by Gasteiger charge is 2.09. The van der Waals surface area contributed by atoms with Crippen LogP contribution in [-0.2, 0) is 0 Å². The fourth-order valence-electron chi connectivity index (χ4n) is 1.44.